The van der Waals surface area contributed by atoms with Gasteiger partial charge >= 0.3 is 0 Å². The fourth-order valence-corrected chi connectivity index (χ4v) is 3.77. The van der Waals surface area contributed by atoms with E-state index < -0.39 is 17.9 Å². The first-order valence-electron chi connectivity index (χ1n) is 8.31. The molecule has 1 aromatic carbocycles. The third kappa shape index (κ3) is 2.75. The van der Waals surface area contributed by atoms with Crippen LogP contribution in [0, 0.1) is 0 Å². The number of rotatable bonds is 4. The van der Waals surface area contributed by atoms with Gasteiger partial charge in [-0.2, -0.15) is 0 Å². The highest BCUT2D eigenvalue weighted by molar-refractivity contribution is 7.13. The first kappa shape index (κ1) is 18.2. The molecule has 9 heteroatoms. The molecule has 2 N–H and O–H groups in total. The fraction of sp³-hybridized carbons (Fsp3) is 0.158. The molecule has 3 aromatic rings. The molecule has 0 radical (unpaired) electrons. The summed E-state index contributed by atoms with van der Waals surface area (Å²) in [5.41, 5.74) is 7.53. The van der Waals surface area contributed by atoms with Gasteiger partial charge in [-0.05, 0) is 29.3 Å². The Bertz CT molecular complexity index is 1050. The van der Waals surface area contributed by atoms with E-state index in [1.165, 1.54) is 35.4 Å². The van der Waals surface area contributed by atoms with Gasteiger partial charge in [0.1, 0.15) is 0 Å². The van der Waals surface area contributed by atoms with Gasteiger partial charge in [-0.1, -0.05) is 18.2 Å². The second-order valence-corrected chi connectivity index (χ2v) is 7.15. The van der Waals surface area contributed by atoms with Gasteiger partial charge in [0.2, 0.25) is 5.54 Å². The van der Waals surface area contributed by atoms with Crippen molar-refractivity contribution in [3.8, 4) is 10.4 Å². The third-order valence-corrected chi connectivity index (χ3v) is 5.47. The lowest BCUT2D eigenvalue weighted by atomic mass is 9.85. The predicted molar refractivity (Wildman–Crippen MR) is 102 cm³/mol. The number of guanidine groups is 1. The molecule has 0 saturated carbocycles. The summed E-state index contributed by atoms with van der Waals surface area (Å²) in [7, 11) is 1.52. The monoisotopic (exact) mass is 399 g/mol. The summed E-state index contributed by atoms with van der Waals surface area (Å²) < 4.78 is 25.9. The number of amides is 1. The molecule has 0 bridgehead atoms. The van der Waals surface area contributed by atoms with Crippen molar-refractivity contribution in [2.24, 2.45) is 10.7 Å². The number of hydrogen-bond acceptors (Lipinski definition) is 6. The molecule has 1 atom stereocenters. The van der Waals surface area contributed by atoms with Crippen LogP contribution in [-0.4, -0.2) is 33.8 Å². The van der Waals surface area contributed by atoms with E-state index in [1.807, 2.05) is 12.1 Å². The van der Waals surface area contributed by atoms with E-state index in [0.717, 1.165) is 16.6 Å². The molecule has 2 aromatic heterocycles. The van der Waals surface area contributed by atoms with Crippen molar-refractivity contribution in [1.29, 1.82) is 0 Å². The number of thiazole rings is 1. The Hall–Kier alpha value is -3.20. The molecule has 142 valence electrons. The van der Waals surface area contributed by atoms with Crippen molar-refractivity contribution >= 4 is 23.2 Å². The Morgan fingerprint density at radius 2 is 2.04 bits per heavy atom. The second-order valence-electron chi connectivity index (χ2n) is 6.27. The van der Waals surface area contributed by atoms with Crippen LogP contribution >= 0.6 is 11.3 Å². The van der Waals surface area contributed by atoms with Crippen LogP contribution < -0.4 is 5.73 Å². The minimum Gasteiger partial charge on any atom is -0.369 e. The number of likely N-dealkylation sites (N-methyl/N-ethyl adjacent to an activating group) is 1. The van der Waals surface area contributed by atoms with Crippen molar-refractivity contribution in [3.05, 3.63) is 71.1 Å². The Morgan fingerprint density at radius 3 is 2.61 bits per heavy atom. The number of aliphatic imine (C=N–C) groups is 1. The van der Waals surface area contributed by atoms with E-state index in [4.69, 9.17) is 5.73 Å². The molecule has 0 aliphatic carbocycles. The van der Waals surface area contributed by atoms with Gasteiger partial charge < -0.3 is 5.73 Å². The quantitative estimate of drug-likeness (QED) is 0.730. The summed E-state index contributed by atoms with van der Waals surface area (Å²) in [6, 6.07) is 9.92. The zero-order chi connectivity index (χ0) is 19.9. The average Bonchev–Trinajstić information content (AvgIpc) is 3.32. The molecule has 0 fully saturated rings. The van der Waals surface area contributed by atoms with E-state index in [1.54, 1.807) is 23.8 Å². The predicted octanol–water partition coefficient (Wildman–Crippen LogP) is 3.17. The number of nitrogens with zero attached hydrogens (tertiary/aromatic N) is 4. The van der Waals surface area contributed by atoms with Gasteiger partial charge in [-0.15, -0.1) is 11.3 Å². The Morgan fingerprint density at radius 1 is 1.21 bits per heavy atom. The minimum atomic E-state index is -2.65. The number of benzene rings is 1. The van der Waals surface area contributed by atoms with Crippen molar-refractivity contribution in [3.63, 3.8) is 0 Å². The molecule has 1 aliphatic heterocycles. The lowest BCUT2D eigenvalue weighted by Gasteiger charge is -2.25. The average molecular weight is 399 g/mol. The number of aromatic nitrogens is 2. The standard InChI is InChI=1S/C19H15F2N5OS/c1-26-17(27)19(25-18(26)22,15-6-5-12(8-24-15)16(20)21)13-4-2-3-11(7-13)14-9-23-10-28-14/h2-10,16H,1H3,(H2,22,25). The number of hydrogen-bond donors (Lipinski definition) is 1. The van der Waals surface area contributed by atoms with Gasteiger partial charge in [-0.3, -0.25) is 19.7 Å². The molecule has 4 rings (SSSR count). The molecule has 1 aliphatic rings. The number of nitrogens with two attached hydrogens (primary N) is 1. The highest BCUT2D eigenvalue weighted by atomic mass is 32.1. The fourth-order valence-electron chi connectivity index (χ4n) is 3.15. The molecule has 3 heterocycles. The number of halogens is 2. The van der Waals surface area contributed by atoms with Crippen molar-refractivity contribution in [1.82, 2.24) is 14.9 Å². The third-order valence-electron chi connectivity index (χ3n) is 4.65. The van der Waals surface area contributed by atoms with E-state index in [-0.39, 0.29) is 17.2 Å². The number of pyridine rings is 1. The van der Waals surface area contributed by atoms with E-state index >= 15 is 0 Å². The van der Waals surface area contributed by atoms with E-state index in [0.29, 0.717) is 5.56 Å². The molecule has 1 unspecified atom stereocenters. The Balaban J connectivity index is 1.91. The zero-order valence-electron chi connectivity index (χ0n) is 14.7. The maximum atomic E-state index is 13.2. The van der Waals surface area contributed by atoms with Crippen LogP contribution in [0.15, 0.2) is 59.3 Å². The molecule has 28 heavy (non-hydrogen) atoms. The lowest BCUT2D eigenvalue weighted by Crippen LogP contribution is -2.41. The normalized spacial score (nSPS) is 19.4. The van der Waals surface area contributed by atoms with Crippen LogP contribution in [0.25, 0.3) is 10.4 Å². The Kier molecular flexibility index (Phi) is 4.38. The maximum absolute atomic E-state index is 13.2. The van der Waals surface area contributed by atoms with Gasteiger partial charge in [-0.25, -0.2) is 13.8 Å². The highest BCUT2D eigenvalue weighted by Crippen LogP contribution is 2.40. The van der Waals surface area contributed by atoms with Crippen LogP contribution in [0.2, 0.25) is 0 Å². The summed E-state index contributed by atoms with van der Waals surface area (Å²) >= 11 is 1.46. The van der Waals surface area contributed by atoms with Crippen LogP contribution in [0.1, 0.15) is 23.2 Å². The summed E-state index contributed by atoms with van der Waals surface area (Å²) in [6.07, 6.45) is 0.140. The van der Waals surface area contributed by atoms with E-state index in [2.05, 4.69) is 15.0 Å². The molecular formula is C19H15F2N5OS. The highest BCUT2D eigenvalue weighted by Gasteiger charge is 2.50. The lowest BCUT2D eigenvalue weighted by molar-refractivity contribution is -0.129. The molecular weight excluding hydrogens is 384 g/mol. The van der Waals surface area contributed by atoms with Gasteiger partial charge in [0.25, 0.3) is 12.3 Å². The maximum Gasteiger partial charge on any atom is 0.267 e. The Labute approximate surface area is 163 Å². The first-order chi connectivity index (χ1) is 13.4. The zero-order valence-corrected chi connectivity index (χ0v) is 15.5. The van der Waals surface area contributed by atoms with E-state index in [9.17, 15) is 13.6 Å². The van der Waals surface area contributed by atoms with Gasteiger partial charge in [0, 0.05) is 25.0 Å². The summed E-state index contributed by atoms with van der Waals surface area (Å²) in [5, 5.41) is 0. The van der Waals surface area contributed by atoms with Crippen LogP contribution in [0.3, 0.4) is 0 Å². The second kappa shape index (κ2) is 6.75. The minimum absolute atomic E-state index is 0.0351. The SMILES string of the molecule is CN1C(=O)C(c2cccc(-c3cncs3)c2)(c2ccc(C(F)F)cn2)N=C1N. The molecule has 0 saturated heterocycles. The smallest absolute Gasteiger partial charge is 0.267 e. The number of carbonyl (C=O) groups is 1. The summed E-state index contributed by atoms with van der Waals surface area (Å²) in [6.45, 7) is 0. The number of alkyl halides is 2. The number of carbonyl (C=O) groups excluding carboxylic acids is 1. The topological polar surface area (TPSA) is 84.5 Å². The van der Waals surface area contributed by atoms with Crippen molar-refractivity contribution < 1.29 is 13.6 Å². The summed E-state index contributed by atoms with van der Waals surface area (Å²) in [4.78, 5) is 28.0. The van der Waals surface area contributed by atoms with Crippen LogP contribution in [0.4, 0.5) is 8.78 Å². The van der Waals surface area contributed by atoms with Crippen molar-refractivity contribution in [2.75, 3.05) is 7.05 Å². The van der Waals surface area contributed by atoms with Crippen molar-refractivity contribution in [2.45, 2.75) is 12.0 Å². The van der Waals surface area contributed by atoms with Gasteiger partial charge in [0.05, 0.1) is 16.1 Å². The van der Waals surface area contributed by atoms with Crippen LogP contribution in [0.5, 0.6) is 0 Å². The first-order valence-corrected chi connectivity index (χ1v) is 9.19. The van der Waals surface area contributed by atoms with Crippen LogP contribution in [-0.2, 0) is 10.3 Å². The largest absolute Gasteiger partial charge is 0.369 e. The summed E-state index contributed by atoms with van der Waals surface area (Å²) in [5.74, 6) is -0.364. The molecule has 6 nitrogen and oxygen atoms in total. The molecule has 1 amide bonds. The molecule has 0 spiro atoms. The van der Waals surface area contributed by atoms with Gasteiger partial charge in [0.15, 0.2) is 5.96 Å².